The van der Waals surface area contributed by atoms with Crippen molar-refractivity contribution >= 4 is 29.1 Å². The summed E-state index contributed by atoms with van der Waals surface area (Å²) in [6, 6.07) is 4.65. The van der Waals surface area contributed by atoms with E-state index in [4.69, 9.17) is 21.1 Å². The van der Waals surface area contributed by atoms with Crippen LogP contribution in [0, 0.1) is 17.0 Å². The van der Waals surface area contributed by atoms with Crippen LogP contribution in [-0.4, -0.2) is 74.1 Å². The van der Waals surface area contributed by atoms with E-state index in [1.54, 1.807) is 23.4 Å². The average molecular weight is 572 g/mol. The number of ether oxygens (including phenoxy) is 2. The SMILES string of the molecule is Cc1cnc(Cl)nc1-c1cnn(CCCCOc2cc([N+](=O)[O-])ccc2N2CCN(C(=O)OC(C)(C)C)CC2)c1. The lowest BCUT2D eigenvalue weighted by molar-refractivity contribution is -0.384. The van der Waals surface area contributed by atoms with Gasteiger partial charge in [0, 0.05) is 56.7 Å². The third-order valence-corrected chi connectivity index (χ3v) is 6.50. The highest BCUT2D eigenvalue weighted by molar-refractivity contribution is 6.28. The maximum absolute atomic E-state index is 12.4. The van der Waals surface area contributed by atoms with Crippen LogP contribution < -0.4 is 9.64 Å². The third-order valence-electron chi connectivity index (χ3n) is 6.31. The molecule has 4 rings (SSSR count). The number of amides is 1. The first-order chi connectivity index (χ1) is 19.0. The number of unbranched alkanes of at least 4 members (excludes halogenated alkanes) is 1. The molecule has 0 spiro atoms. The Kier molecular flexibility index (Phi) is 9.08. The highest BCUT2D eigenvalue weighted by Gasteiger charge is 2.27. The molecule has 1 aromatic carbocycles. The van der Waals surface area contributed by atoms with Crippen molar-refractivity contribution in [3.63, 3.8) is 0 Å². The fourth-order valence-electron chi connectivity index (χ4n) is 4.33. The molecule has 1 aliphatic rings. The minimum absolute atomic E-state index is 0.0321. The maximum Gasteiger partial charge on any atom is 0.410 e. The van der Waals surface area contributed by atoms with E-state index in [0.717, 1.165) is 35.3 Å². The second-order valence-corrected chi connectivity index (χ2v) is 10.9. The predicted molar refractivity (Wildman–Crippen MR) is 151 cm³/mol. The standard InChI is InChI=1S/C27H34ClN7O5/c1-19-16-29-25(28)31-24(19)20-17-30-34(18-20)9-5-6-14-39-23-15-21(35(37)38)7-8-22(23)32-10-12-33(13-11-32)26(36)40-27(2,3)4/h7-8,15-18H,5-6,9-14H2,1-4H3. The molecule has 214 valence electrons. The summed E-state index contributed by atoms with van der Waals surface area (Å²) in [7, 11) is 0. The number of nitro benzene ring substituents is 1. The molecule has 1 amide bonds. The molecule has 40 heavy (non-hydrogen) atoms. The quantitative estimate of drug-likeness (QED) is 0.148. The van der Waals surface area contributed by atoms with Crippen LogP contribution in [0.5, 0.6) is 5.75 Å². The van der Waals surface area contributed by atoms with E-state index in [1.807, 2.05) is 38.6 Å². The van der Waals surface area contributed by atoms with Crippen molar-refractivity contribution in [3.05, 3.63) is 57.8 Å². The van der Waals surface area contributed by atoms with Crippen LogP contribution in [0.4, 0.5) is 16.2 Å². The maximum atomic E-state index is 12.4. The third kappa shape index (κ3) is 7.59. The number of benzene rings is 1. The van der Waals surface area contributed by atoms with Gasteiger partial charge in [0.2, 0.25) is 5.28 Å². The number of carbonyl (C=O) groups excluding carboxylic acids is 1. The Morgan fingerprint density at radius 1 is 1.15 bits per heavy atom. The highest BCUT2D eigenvalue weighted by atomic mass is 35.5. The van der Waals surface area contributed by atoms with E-state index < -0.39 is 10.5 Å². The van der Waals surface area contributed by atoms with Gasteiger partial charge < -0.3 is 19.3 Å². The van der Waals surface area contributed by atoms with Crippen molar-refractivity contribution in [2.45, 2.75) is 52.7 Å². The second-order valence-electron chi connectivity index (χ2n) is 10.6. The number of aromatic nitrogens is 4. The van der Waals surface area contributed by atoms with Gasteiger partial charge in [-0.3, -0.25) is 14.8 Å². The van der Waals surface area contributed by atoms with Gasteiger partial charge in [0.25, 0.3) is 5.69 Å². The van der Waals surface area contributed by atoms with Crippen LogP contribution in [0.25, 0.3) is 11.3 Å². The van der Waals surface area contributed by atoms with E-state index in [1.165, 1.54) is 12.1 Å². The van der Waals surface area contributed by atoms with Crippen molar-refractivity contribution in [3.8, 4) is 17.0 Å². The van der Waals surface area contributed by atoms with E-state index in [-0.39, 0.29) is 17.1 Å². The average Bonchev–Trinajstić information content (AvgIpc) is 3.37. The molecule has 0 atom stereocenters. The van der Waals surface area contributed by atoms with Gasteiger partial charge in [-0.25, -0.2) is 14.8 Å². The van der Waals surface area contributed by atoms with Crippen molar-refractivity contribution in [1.82, 2.24) is 24.6 Å². The molecule has 0 unspecified atom stereocenters. The lowest BCUT2D eigenvalue weighted by Crippen LogP contribution is -2.50. The van der Waals surface area contributed by atoms with Gasteiger partial charge in [-0.15, -0.1) is 0 Å². The largest absolute Gasteiger partial charge is 0.491 e. The van der Waals surface area contributed by atoms with Crippen LogP contribution in [-0.2, 0) is 11.3 Å². The van der Waals surface area contributed by atoms with Gasteiger partial charge in [-0.2, -0.15) is 5.10 Å². The minimum Gasteiger partial charge on any atom is -0.491 e. The molecule has 12 nitrogen and oxygen atoms in total. The van der Waals surface area contributed by atoms with Crippen LogP contribution in [0.2, 0.25) is 5.28 Å². The zero-order valence-electron chi connectivity index (χ0n) is 23.2. The van der Waals surface area contributed by atoms with Gasteiger partial charge in [-0.05, 0) is 63.8 Å². The summed E-state index contributed by atoms with van der Waals surface area (Å²) >= 11 is 5.95. The van der Waals surface area contributed by atoms with Gasteiger partial charge in [0.15, 0.2) is 0 Å². The van der Waals surface area contributed by atoms with E-state index in [0.29, 0.717) is 45.1 Å². The van der Waals surface area contributed by atoms with Crippen molar-refractivity contribution < 1.29 is 19.2 Å². The first-order valence-corrected chi connectivity index (χ1v) is 13.5. The first kappa shape index (κ1) is 29.1. The summed E-state index contributed by atoms with van der Waals surface area (Å²) in [5, 5.41) is 16.0. The number of nitro groups is 1. The normalized spacial score (nSPS) is 13.8. The molecule has 0 bridgehead atoms. The summed E-state index contributed by atoms with van der Waals surface area (Å²) in [6.45, 7) is 10.6. The van der Waals surface area contributed by atoms with Gasteiger partial charge in [0.05, 0.1) is 35.2 Å². The number of rotatable bonds is 9. The fourth-order valence-corrected chi connectivity index (χ4v) is 4.46. The summed E-state index contributed by atoms with van der Waals surface area (Å²) < 4.78 is 13.4. The number of hydrogen-bond donors (Lipinski definition) is 0. The Morgan fingerprint density at radius 2 is 1.90 bits per heavy atom. The molecule has 2 aromatic heterocycles. The van der Waals surface area contributed by atoms with Crippen LogP contribution in [0.15, 0.2) is 36.8 Å². The van der Waals surface area contributed by atoms with Crippen LogP contribution >= 0.6 is 11.6 Å². The first-order valence-electron chi connectivity index (χ1n) is 13.2. The number of piperazine rings is 1. The zero-order chi connectivity index (χ0) is 28.9. The monoisotopic (exact) mass is 571 g/mol. The lowest BCUT2D eigenvalue weighted by atomic mass is 10.2. The van der Waals surface area contributed by atoms with Gasteiger partial charge in [-0.1, -0.05) is 0 Å². The zero-order valence-corrected chi connectivity index (χ0v) is 23.9. The summed E-state index contributed by atoms with van der Waals surface area (Å²) in [4.78, 5) is 35.4. The van der Waals surface area contributed by atoms with Crippen LogP contribution in [0.1, 0.15) is 39.2 Å². The molecule has 0 N–H and O–H groups in total. The Labute approximate surface area is 238 Å². The molecular weight excluding hydrogens is 538 g/mol. The van der Waals surface area contributed by atoms with Crippen molar-refractivity contribution in [2.24, 2.45) is 0 Å². The molecule has 0 radical (unpaired) electrons. The number of anilines is 1. The Morgan fingerprint density at radius 3 is 2.60 bits per heavy atom. The molecular formula is C27H34ClN7O5. The Balaban J connectivity index is 1.32. The number of halogens is 1. The number of nitrogens with zero attached hydrogens (tertiary/aromatic N) is 7. The van der Waals surface area contributed by atoms with Gasteiger partial charge in [0.1, 0.15) is 11.4 Å². The predicted octanol–water partition coefficient (Wildman–Crippen LogP) is 5.13. The topological polar surface area (TPSA) is 129 Å². The molecule has 1 aliphatic heterocycles. The summed E-state index contributed by atoms with van der Waals surface area (Å²) in [5.41, 5.74) is 2.71. The van der Waals surface area contributed by atoms with Crippen LogP contribution in [0.3, 0.4) is 0 Å². The summed E-state index contributed by atoms with van der Waals surface area (Å²) in [6.07, 6.45) is 6.53. The number of aryl methyl sites for hydroxylation is 2. The molecule has 0 aliphatic carbocycles. The minimum atomic E-state index is -0.558. The lowest BCUT2D eigenvalue weighted by Gasteiger charge is -2.37. The Hall–Kier alpha value is -3.93. The number of hydrogen-bond acceptors (Lipinski definition) is 9. The smallest absolute Gasteiger partial charge is 0.410 e. The molecule has 1 fully saturated rings. The Bertz CT molecular complexity index is 1350. The van der Waals surface area contributed by atoms with E-state index in [2.05, 4.69) is 20.0 Å². The second kappa shape index (κ2) is 12.5. The number of carbonyl (C=O) groups is 1. The fraction of sp³-hybridized carbons (Fsp3) is 0.481. The molecule has 1 saturated heterocycles. The highest BCUT2D eigenvalue weighted by Crippen LogP contribution is 2.33. The number of non-ortho nitro benzene ring substituents is 1. The van der Waals surface area contributed by atoms with Crippen molar-refractivity contribution in [2.75, 3.05) is 37.7 Å². The molecule has 3 aromatic rings. The van der Waals surface area contributed by atoms with Gasteiger partial charge >= 0.3 is 6.09 Å². The molecule has 0 saturated carbocycles. The summed E-state index contributed by atoms with van der Waals surface area (Å²) in [5.74, 6) is 0.456. The molecule has 13 heteroatoms. The van der Waals surface area contributed by atoms with E-state index in [9.17, 15) is 14.9 Å². The van der Waals surface area contributed by atoms with E-state index >= 15 is 0 Å². The van der Waals surface area contributed by atoms with Crippen molar-refractivity contribution in [1.29, 1.82) is 0 Å². The molecule has 3 heterocycles.